The van der Waals surface area contributed by atoms with Gasteiger partial charge in [0.15, 0.2) is 5.67 Å². The van der Waals surface area contributed by atoms with Crippen molar-refractivity contribution in [3.05, 3.63) is 42.2 Å². The molecule has 39 heavy (non-hydrogen) atoms. The molecule has 2 N–H and O–H groups in total. The van der Waals surface area contributed by atoms with Crippen molar-refractivity contribution in [1.82, 2.24) is 15.0 Å². The fraction of sp³-hybridized carbons (Fsp3) is 0.552. The van der Waals surface area contributed by atoms with Crippen molar-refractivity contribution < 1.29 is 14.0 Å². The van der Waals surface area contributed by atoms with Gasteiger partial charge in [0, 0.05) is 49.0 Å². The van der Waals surface area contributed by atoms with Gasteiger partial charge in [-0.3, -0.25) is 0 Å². The quantitative estimate of drug-likeness (QED) is 0.384. The highest BCUT2D eigenvalue weighted by atomic mass is 32.2. The van der Waals surface area contributed by atoms with E-state index in [0.717, 1.165) is 35.3 Å². The molecule has 8 nitrogen and oxygen atoms in total. The average molecular weight is 555 g/mol. The van der Waals surface area contributed by atoms with Crippen molar-refractivity contribution in [2.24, 2.45) is 5.92 Å². The van der Waals surface area contributed by atoms with Crippen LogP contribution in [0, 0.1) is 5.92 Å². The Hall–Kier alpha value is -2.69. The largest absolute Gasteiger partial charge is 0.616 e. The molecule has 210 valence electrons. The second kappa shape index (κ2) is 11.1. The molecule has 0 saturated carbocycles. The van der Waals surface area contributed by atoms with Crippen molar-refractivity contribution in [3.8, 4) is 0 Å². The predicted octanol–water partition coefficient (Wildman–Crippen LogP) is 4.78. The van der Waals surface area contributed by atoms with E-state index in [4.69, 9.17) is 4.98 Å². The van der Waals surface area contributed by atoms with Crippen LogP contribution in [0.25, 0.3) is 10.8 Å². The summed E-state index contributed by atoms with van der Waals surface area (Å²) in [7, 11) is 0. The maximum absolute atomic E-state index is 14.7. The highest BCUT2D eigenvalue weighted by Gasteiger charge is 2.40. The Kier molecular flexibility index (Phi) is 7.90. The Morgan fingerprint density at radius 2 is 1.90 bits per heavy atom. The summed E-state index contributed by atoms with van der Waals surface area (Å²) in [6, 6.07) is 8.22. The monoisotopic (exact) mass is 554 g/mol. The molecule has 1 aromatic carbocycles. The summed E-state index contributed by atoms with van der Waals surface area (Å²) >= 11 is -0.781. The van der Waals surface area contributed by atoms with E-state index in [2.05, 4.69) is 52.2 Å². The van der Waals surface area contributed by atoms with E-state index in [9.17, 15) is 14.0 Å². The smallest absolute Gasteiger partial charge is 0.227 e. The maximum atomic E-state index is 14.7. The van der Waals surface area contributed by atoms with Crippen LogP contribution in [0.15, 0.2) is 36.7 Å². The minimum atomic E-state index is -1.71. The lowest BCUT2D eigenvalue weighted by atomic mass is 9.93. The molecule has 0 unspecified atom stereocenters. The number of benzene rings is 1. The molecule has 0 spiro atoms. The first-order chi connectivity index (χ1) is 18.5. The van der Waals surface area contributed by atoms with E-state index in [0.29, 0.717) is 42.4 Å². The van der Waals surface area contributed by atoms with E-state index in [1.54, 1.807) is 17.2 Å². The number of aromatic nitrogens is 3. The summed E-state index contributed by atoms with van der Waals surface area (Å²) in [6.45, 7) is 12.2. The second-order valence-electron chi connectivity index (χ2n) is 11.7. The van der Waals surface area contributed by atoms with Crippen LogP contribution in [0.5, 0.6) is 0 Å². The average Bonchev–Trinajstić information content (AvgIpc) is 2.86. The number of aliphatic hydroxyl groups excluding tert-OH is 1. The summed E-state index contributed by atoms with van der Waals surface area (Å²) in [5, 5.41) is 15.7. The van der Waals surface area contributed by atoms with Gasteiger partial charge in [-0.15, -0.1) is 0 Å². The zero-order valence-electron chi connectivity index (χ0n) is 23.4. The molecule has 10 heteroatoms. The molecule has 2 aliphatic heterocycles. The summed E-state index contributed by atoms with van der Waals surface area (Å²) in [4.78, 5) is 17.8. The van der Waals surface area contributed by atoms with E-state index in [1.165, 1.54) is 12.5 Å². The number of fused-ring (bicyclic) bond motifs is 1. The first-order valence-corrected chi connectivity index (χ1v) is 15.2. The van der Waals surface area contributed by atoms with Gasteiger partial charge in [0.05, 0.1) is 12.6 Å². The molecule has 2 aromatic heterocycles. The van der Waals surface area contributed by atoms with E-state index in [1.807, 2.05) is 20.0 Å². The number of piperidine rings is 1. The minimum absolute atomic E-state index is 0.0388. The molecular formula is C29H39FN6O2S. The molecule has 3 atom stereocenters. The highest BCUT2D eigenvalue weighted by molar-refractivity contribution is 7.91. The van der Waals surface area contributed by atoms with Gasteiger partial charge in [-0.25, -0.2) is 14.4 Å². The zero-order valence-corrected chi connectivity index (χ0v) is 24.2. The summed E-state index contributed by atoms with van der Waals surface area (Å²) < 4.78 is 27.0. The van der Waals surface area contributed by atoms with Crippen molar-refractivity contribution in [2.75, 3.05) is 47.0 Å². The van der Waals surface area contributed by atoms with Gasteiger partial charge in [-0.2, -0.15) is 4.98 Å². The molecule has 4 heterocycles. The van der Waals surface area contributed by atoms with Gasteiger partial charge in [0.1, 0.15) is 22.6 Å². The Morgan fingerprint density at radius 3 is 2.59 bits per heavy atom. The number of nitrogens with one attached hydrogen (secondary N) is 1. The topological polar surface area (TPSA) is 100 Å². The molecule has 2 fully saturated rings. The molecule has 5 rings (SSSR count). The number of rotatable bonds is 8. The lowest BCUT2D eigenvalue weighted by Crippen LogP contribution is -2.52. The number of pyridine rings is 1. The zero-order chi connectivity index (χ0) is 27.9. The molecular weight excluding hydrogens is 515 g/mol. The van der Waals surface area contributed by atoms with Gasteiger partial charge in [0.25, 0.3) is 0 Å². The Morgan fingerprint density at radius 1 is 1.13 bits per heavy atom. The first-order valence-electron chi connectivity index (χ1n) is 13.8. The van der Waals surface area contributed by atoms with Crippen molar-refractivity contribution in [2.45, 2.75) is 64.0 Å². The van der Waals surface area contributed by atoms with Crippen LogP contribution < -0.4 is 15.1 Å². The molecule has 2 saturated heterocycles. The van der Waals surface area contributed by atoms with Crippen LogP contribution in [-0.2, 0) is 11.2 Å². The fourth-order valence-corrected chi connectivity index (χ4v) is 6.46. The van der Waals surface area contributed by atoms with Gasteiger partial charge in [0.2, 0.25) is 5.95 Å². The molecule has 0 amide bonds. The fourth-order valence-electron chi connectivity index (χ4n) is 5.40. The number of hydrogen-bond acceptors (Lipinski definition) is 8. The molecule has 0 bridgehead atoms. The third-order valence-electron chi connectivity index (χ3n) is 7.81. The normalized spacial score (nSPS) is 23.0. The lowest BCUT2D eigenvalue weighted by Gasteiger charge is -2.41. The second-order valence-corrected chi connectivity index (χ2v) is 13.7. The lowest BCUT2D eigenvalue weighted by molar-refractivity contribution is -0.00860. The van der Waals surface area contributed by atoms with Crippen molar-refractivity contribution >= 4 is 45.2 Å². The van der Waals surface area contributed by atoms with Gasteiger partial charge >= 0.3 is 0 Å². The number of nitrogens with zero attached hydrogens (tertiary/aromatic N) is 5. The summed E-state index contributed by atoms with van der Waals surface area (Å²) in [6.07, 6.45) is 2.91. The van der Waals surface area contributed by atoms with Crippen LogP contribution in [-0.4, -0.2) is 73.6 Å². The highest BCUT2D eigenvalue weighted by Crippen LogP contribution is 2.37. The van der Waals surface area contributed by atoms with Crippen LogP contribution >= 0.6 is 0 Å². The van der Waals surface area contributed by atoms with Crippen LogP contribution in [0.1, 0.15) is 52.5 Å². The van der Waals surface area contributed by atoms with Gasteiger partial charge < -0.3 is 24.8 Å². The minimum Gasteiger partial charge on any atom is -0.616 e. The number of anilines is 4. The summed E-state index contributed by atoms with van der Waals surface area (Å²) in [5.74, 6) is 3.21. The standard InChI is InChI=1S/C29H39FN6O2S/c1-18(2)21-6-7-24(36-14-20(15-36)16-39(38)19(3)4)23-13-32-27(12-22(21)23)33-26-8-10-31-28(34-26)35-11-9-25(37)29(5,30)17-35/h6-8,10,12-13,18-20,25,37H,9,11,14-17H2,1-5H3,(H,31,32,33,34)/t25-,29+,39-/m1/s1. The maximum Gasteiger partial charge on any atom is 0.227 e. The number of alkyl halides is 1. The number of aliphatic hydroxyl groups is 1. The summed E-state index contributed by atoms with van der Waals surface area (Å²) in [5.41, 5.74) is 0.693. The number of hydrogen-bond donors (Lipinski definition) is 2. The van der Waals surface area contributed by atoms with Crippen molar-refractivity contribution in [3.63, 3.8) is 0 Å². The molecule has 0 radical (unpaired) electrons. The van der Waals surface area contributed by atoms with Gasteiger partial charge in [-0.05, 0) is 62.3 Å². The number of halogens is 1. The van der Waals surface area contributed by atoms with E-state index >= 15 is 0 Å². The molecule has 2 aliphatic rings. The van der Waals surface area contributed by atoms with Gasteiger partial charge in [-0.1, -0.05) is 31.1 Å². The van der Waals surface area contributed by atoms with E-state index < -0.39 is 22.9 Å². The third kappa shape index (κ3) is 5.93. The van der Waals surface area contributed by atoms with E-state index in [-0.39, 0.29) is 11.8 Å². The molecule has 0 aliphatic carbocycles. The third-order valence-corrected chi connectivity index (χ3v) is 9.66. The first kappa shape index (κ1) is 27.9. The molecule has 3 aromatic rings. The predicted molar refractivity (Wildman–Crippen MR) is 157 cm³/mol. The Bertz CT molecular complexity index is 1320. The SMILES string of the molecule is CC(C)c1ccc(N2CC(C[S@@+]([O-])C(C)C)C2)c2cnc(Nc3ccnc(N4CC[C@@H](O)[C@@](C)(F)C4)n3)cc12. The Balaban J connectivity index is 1.36. The van der Waals surface area contributed by atoms with Crippen LogP contribution in [0.3, 0.4) is 0 Å². The van der Waals surface area contributed by atoms with Crippen LogP contribution in [0.2, 0.25) is 0 Å². The Labute approximate surface area is 233 Å². The van der Waals surface area contributed by atoms with Crippen molar-refractivity contribution in [1.29, 1.82) is 0 Å². The van der Waals surface area contributed by atoms with Crippen LogP contribution in [0.4, 0.5) is 27.7 Å².